The van der Waals surface area contributed by atoms with Gasteiger partial charge in [-0.15, -0.1) is 0 Å². The SMILES string of the molecule is Cc1cc2[nH]c(N)nc2cc1SSc1cc2nc(N)[nH]c2cc1C. The molecule has 0 aliphatic heterocycles. The molecule has 0 amide bonds. The van der Waals surface area contributed by atoms with Crippen LogP contribution < -0.4 is 11.5 Å². The summed E-state index contributed by atoms with van der Waals surface area (Å²) in [5, 5.41) is 0. The second-order valence-corrected chi connectivity index (χ2v) is 7.89. The zero-order valence-electron chi connectivity index (χ0n) is 13.2. The van der Waals surface area contributed by atoms with Crippen molar-refractivity contribution in [3.05, 3.63) is 35.4 Å². The molecule has 8 heteroatoms. The molecule has 2 heterocycles. The normalized spacial score (nSPS) is 11.6. The Morgan fingerprint density at radius 1 is 0.750 bits per heavy atom. The van der Waals surface area contributed by atoms with Crippen molar-refractivity contribution >= 4 is 55.6 Å². The lowest BCUT2D eigenvalue weighted by Gasteiger charge is -2.07. The third-order valence-electron chi connectivity index (χ3n) is 3.82. The molecule has 122 valence electrons. The molecule has 0 spiro atoms. The summed E-state index contributed by atoms with van der Waals surface area (Å²) in [6.07, 6.45) is 0. The number of nitrogen functional groups attached to an aromatic ring is 2. The number of nitrogens with one attached hydrogen (secondary N) is 2. The Labute approximate surface area is 146 Å². The summed E-state index contributed by atoms with van der Waals surface area (Å²) >= 11 is 0. The Bertz CT molecular complexity index is 979. The number of benzene rings is 2. The molecule has 0 atom stereocenters. The van der Waals surface area contributed by atoms with Gasteiger partial charge in [-0.3, -0.25) is 0 Å². The van der Waals surface area contributed by atoms with E-state index in [9.17, 15) is 0 Å². The number of nitrogens with zero attached hydrogens (tertiary/aromatic N) is 2. The Balaban J connectivity index is 1.64. The maximum Gasteiger partial charge on any atom is 0.198 e. The minimum Gasteiger partial charge on any atom is -0.369 e. The molecule has 0 aliphatic carbocycles. The van der Waals surface area contributed by atoms with Crippen molar-refractivity contribution < 1.29 is 0 Å². The van der Waals surface area contributed by atoms with Crippen LogP contribution in [0.2, 0.25) is 0 Å². The third-order valence-corrected chi connectivity index (χ3v) is 6.46. The van der Waals surface area contributed by atoms with Gasteiger partial charge < -0.3 is 21.4 Å². The summed E-state index contributed by atoms with van der Waals surface area (Å²) in [7, 11) is 3.41. The van der Waals surface area contributed by atoms with Crippen LogP contribution in [-0.2, 0) is 0 Å². The average Bonchev–Trinajstić information content (AvgIpc) is 3.04. The Morgan fingerprint density at radius 3 is 1.58 bits per heavy atom. The van der Waals surface area contributed by atoms with Crippen LogP contribution in [0.4, 0.5) is 11.9 Å². The number of hydrogen-bond donors (Lipinski definition) is 4. The molecule has 4 aromatic rings. The highest BCUT2D eigenvalue weighted by molar-refractivity contribution is 8.76. The number of aryl methyl sites for hydroxylation is 2. The lowest BCUT2D eigenvalue weighted by molar-refractivity contribution is 1.32. The van der Waals surface area contributed by atoms with Gasteiger partial charge in [-0.2, -0.15) is 0 Å². The number of aromatic amines is 2. The largest absolute Gasteiger partial charge is 0.369 e. The molecule has 0 fully saturated rings. The summed E-state index contributed by atoms with van der Waals surface area (Å²) in [6.45, 7) is 4.17. The average molecular weight is 356 g/mol. The molecule has 0 aliphatic rings. The fourth-order valence-corrected chi connectivity index (χ4v) is 5.10. The van der Waals surface area contributed by atoms with E-state index in [4.69, 9.17) is 11.5 Å². The second kappa shape index (κ2) is 5.64. The van der Waals surface area contributed by atoms with E-state index in [0.717, 1.165) is 22.1 Å². The van der Waals surface area contributed by atoms with Gasteiger partial charge in [0.2, 0.25) is 0 Å². The van der Waals surface area contributed by atoms with Gasteiger partial charge in [-0.05, 0) is 49.2 Å². The highest BCUT2D eigenvalue weighted by atomic mass is 33.1. The van der Waals surface area contributed by atoms with Gasteiger partial charge in [0.05, 0.1) is 22.1 Å². The number of nitrogens with two attached hydrogens (primary N) is 2. The first-order valence-electron chi connectivity index (χ1n) is 7.36. The molecule has 0 saturated carbocycles. The molecule has 0 radical (unpaired) electrons. The highest BCUT2D eigenvalue weighted by Crippen LogP contribution is 2.42. The maximum absolute atomic E-state index is 5.73. The zero-order valence-corrected chi connectivity index (χ0v) is 14.8. The Morgan fingerprint density at radius 2 is 1.17 bits per heavy atom. The number of rotatable bonds is 3. The Hall–Kier alpha value is -2.32. The minimum atomic E-state index is 0.441. The van der Waals surface area contributed by atoms with Crippen molar-refractivity contribution in [1.29, 1.82) is 0 Å². The van der Waals surface area contributed by atoms with Gasteiger partial charge in [-0.25, -0.2) is 9.97 Å². The molecular weight excluding hydrogens is 340 g/mol. The molecule has 2 aromatic carbocycles. The summed E-state index contributed by atoms with van der Waals surface area (Å²) in [6, 6.07) is 8.28. The highest BCUT2D eigenvalue weighted by Gasteiger charge is 2.10. The van der Waals surface area contributed by atoms with E-state index in [1.54, 1.807) is 21.6 Å². The first-order chi connectivity index (χ1) is 11.5. The van der Waals surface area contributed by atoms with Crippen LogP contribution in [0.1, 0.15) is 11.1 Å². The lowest BCUT2D eigenvalue weighted by atomic mass is 10.2. The van der Waals surface area contributed by atoms with E-state index in [0.29, 0.717) is 11.9 Å². The van der Waals surface area contributed by atoms with E-state index in [2.05, 4.69) is 58.0 Å². The number of anilines is 2. The van der Waals surface area contributed by atoms with Crippen molar-refractivity contribution in [2.24, 2.45) is 0 Å². The predicted molar refractivity (Wildman–Crippen MR) is 102 cm³/mol. The third kappa shape index (κ3) is 2.67. The Kier molecular flexibility index (Phi) is 3.58. The maximum atomic E-state index is 5.73. The van der Waals surface area contributed by atoms with Gasteiger partial charge in [0.15, 0.2) is 11.9 Å². The number of fused-ring (bicyclic) bond motifs is 2. The monoisotopic (exact) mass is 356 g/mol. The standard InChI is InChI=1S/C16H16N6S2/c1-7-3-9-11(21-15(17)19-9)5-13(7)23-24-14-6-12-10(4-8(14)2)20-16(18)22-12/h3-6H,1-2H3,(H3,17,19,21)(H3,18,20,22). The molecule has 0 saturated heterocycles. The zero-order chi connectivity index (χ0) is 16.8. The molecule has 6 N–H and O–H groups in total. The van der Waals surface area contributed by atoms with E-state index >= 15 is 0 Å². The fraction of sp³-hybridized carbons (Fsp3) is 0.125. The van der Waals surface area contributed by atoms with Crippen LogP contribution in [0.5, 0.6) is 0 Å². The van der Waals surface area contributed by atoms with Crippen LogP contribution in [-0.4, -0.2) is 19.9 Å². The van der Waals surface area contributed by atoms with Crippen molar-refractivity contribution in [3.8, 4) is 0 Å². The van der Waals surface area contributed by atoms with Gasteiger partial charge in [0, 0.05) is 9.79 Å². The molecule has 6 nitrogen and oxygen atoms in total. The second-order valence-electron chi connectivity index (χ2n) is 5.68. The number of hydrogen-bond acceptors (Lipinski definition) is 6. The summed E-state index contributed by atoms with van der Waals surface area (Å²) < 4.78 is 0. The molecule has 4 rings (SSSR count). The smallest absolute Gasteiger partial charge is 0.198 e. The molecule has 0 bridgehead atoms. The van der Waals surface area contributed by atoms with Crippen LogP contribution in [0.3, 0.4) is 0 Å². The van der Waals surface area contributed by atoms with E-state index < -0.39 is 0 Å². The van der Waals surface area contributed by atoms with Gasteiger partial charge in [-0.1, -0.05) is 21.6 Å². The van der Waals surface area contributed by atoms with Crippen LogP contribution in [0.15, 0.2) is 34.1 Å². The topological polar surface area (TPSA) is 109 Å². The lowest BCUT2D eigenvalue weighted by Crippen LogP contribution is -1.84. The van der Waals surface area contributed by atoms with Crippen LogP contribution >= 0.6 is 21.6 Å². The van der Waals surface area contributed by atoms with Crippen molar-refractivity contribution in [2.45, 2.75) is 23.6 Å². The molecule has 0 unspecified atom stereocenters. The fourth-order valence-electron chi connectivity index (χ4n) is 2.60. The van der Waals surface area contributed by atoms with E-state index in [1.165, 1.54) is 20.9 Å². The summed E-state index contributed by atoms with van der Waals surface area (Å²) in [5.74, 6) is 0.883. The quantitative estimate of drug-likeness (QED) is 0.413. The summed E-state index contributed by atoms with van der Waals surface area (Å²) in [4.78, 5) is 17.1. The minimum absolute atomic E-state index is 0.441. The number of imidazole rings is 2. The van der Waals surface area contributed by atoms with Crippen molar-refractivity contribution in [1.82, 2.24) is 19.9 Å². The molecular formula is C16H16N6S2. The predicted octanol–water partition coefficient (Wildman–Crippen LogP) is 4.02. The van der Waals surface area contributed by atoms with Crippen molar-refractivity contribution in [2.75, 3.05) is 11.5 Å². The van der Waals surface area contributed by atoms with Crippen LogP contribution in [0, 0.1) is 13.8 Å². The number of aromatic nitrogens is 4. The van der Waals surface area contributed by atoms with E-state index in [-0.39, 0.29) is 0 Å². The molecule has 2 aromatic heterocycles. The number of H-pyrrole nitrogens is 2. The van der Waals surface area contributed by atoms with Gasteiger partial charge in [0.1, 0.15) is 0 Å². The van der Waals surface area contributed by atoms with Crippen LogP contribution in [0.25, 0.3) is 22.1 Å². The van der Waals surface area contributed by atoms with Gasteiger partial charge >= 0.3 is 0 Å². The summed E-state index contributed by atoms with van der Waals surface area (Å²) in [5.41, 5.74) is 17.5. The van der Waals surface area contributed by atoms with E-state index in [1.807, 2.05) is 0 Å². The van der Waals surface area contributed by atoms with Crippen molar-refractivity contribution in [3.63, 3.8) is 0 Å². The first-order valence-corrected chi connectivity index (χ1v) is 9.51. The first kappa shape index (κ1) is 15.2. The molecule has 24 heavy (non-hydrogen) atoms. The van der Waals surface area contributed by atoms with Gasteiger partial charge in [0.25, 0.3) is 0 Å².